The molecular formula is C20H25ClN2O3. The standard InChI is InChI=1S/C20H24N2O3.ClH/c23-18(16-25-19-9-5-2-6-10-19)15-21-11-13-22(14-12-21)20(24)17-7-3-1-4-8-17;/h1-10,18,23H,11-16H2;1H. The zero-order valence-electron chi connectivity index (χ0n) is 14.7. The summed E-state index contributed by atoms with van der Waals surface area (Å²) in [5, 5.41) is 10.2. The first-order chi connectivity index (χ1) is 12.2. The van der Waals surface area contributed by atoms with Gasteiger partial charge in [0.15, 0.2) is 0 Å². The number of piperazine rings is 1. The lowest BCUT2D eigenvalue weighted by Gasteiger charge is -2.33. The van der Waals surface area contributed by atoms with E-state index < -0.39 is 6.10 Å². The summed E-state index contributed by atoms with van der Waals surface area (Å²) in [6.07, 6.45) is -0.508. The molecule has 0 bridgehead atoms. The van der Waals surface area contributed by atoms with Crippen LogP contribution in [0.2, 0.25) is 0 Å². The van der Waals surface area contributed by atoms with E-state index in [0.717, 1.165) is 37.5 Å². The van der Waals surface area contributed by atoms with E-state index in [1.807, 2.05) is 65.6 Å². The summed E-state index contributed by atoms with van der Waals surface area (Å²) in [4.78, 5) is 15.6. The molecule has 6 heteroatoms. The maximum absolute atomic E-state index is 12.4. The average molecular weight is 377 g/mol. The second-order valence-corrected chi connectivity index (χ2v) is 6.39. The number of quaternary nitrogens is 1. The van der Waals surface area contributed by atoms with Crippen molar-refractivity contribution in [1.82, 2.24) is 4.90 Å². The van der Waals surface area contributed by atoms with Crippen LogP contribution in [0.1, 0.15) is 10.4 Å². The fraction of sp³-hybridized carbons (Fsp3) is 0.350. The first kappa shape index (κ1) is 20.2. The quantitative estimate of drug-likeness (QED) is 0.585. The number of para-hydroxylation sites is 1. The van der Waals surface area contributed by atoms with E-state index in [2.05, 4.69) is 0 Å². The van der Waals surface area contributed by atoms with Crippen LogP contribution < -0.4 is 22.0 Å². The highest BCUT2D eigenvalue weighted by atomic mass is 35.5. The molecule has 5 nitrogen and oxygen atoms in total. The Morgan fingerprint density at radius 1 is 1.04 bits per heavy atom. The number of aliphatic hydroxyl groups excluding tert-OH is 1. The highest BCUT2D eigenvalue weighted by Crippen LogP contribution is 2.08. The maximum Gasteiger partial charge on any atom is 0.254 e. The number of nitrogens with zero attached hydrogens (tertiary/aromatic N) is 1. The lowest BCUT2D eigenvalue weighted by atomic mass is 10.2. The Hall–Kier alpha value is -2.08. The molecule has 2 aromatic rings. The Morgan fingerprint density at radius 3 is 2.23 bits per heavy atom. The van der Waals surface area contributed by atoms with Crippen molar-refractivity contribution in [2.24, 2.45) is 0 Å². The summed E-state index contributed by atoms with van der Waals surface area (Å²) < 4.78 is 5.60. The number of hydrogen-bond acceptors (Lipinski definition) is 3. The highest BCUT2D eigenvalue weighted by molar-refractivity contribution is 5.94. The summed E-state index contributed by atoms with van der Waals surface area (Å²) in [5.74, 6) is 0.863. The second-order valence-electron chi connectivity index (χ2n) is 6.39. The van der Waals surface area contributed by atoms with Gasteiger partial charge in [-0.15, -0.1) is 0 Å². The number of amides is 1. The van der Waals surface area contributed by atoms with E-state index >= 15 is 0 Å². The Labute approximate surface area is 160 Å². The second kappa shape index (κ2) is 10.2. The lowest BCUT2D eigenvalue weighted by molar-refractivity contribution is -0.907. The van der Waals surface area contributed by atoms with Gasteiger partial charge in [0.1, 0.15) is 25.0 Å². The van der Waals surface area contributed by atoms with E-state index in [1.165, 1.54) is 4.90 Å². The van der Waals surface area contributed by atoms with Crippen molar-refractivity contribution < 1.29 is 31.9 Å². The first-order valence-corrected chi connectivity index (χ1v) is 8.76. The zero-order valence-corrected chi connectivity index (χ0v) is 15.4. The van der Waals surface area contributed by atoms with Crippen LogP contribution in [0.4, 0.5) is 0 Å². The molecule has 2 N–H and O–H groups in total. The van der Waals surface area contributed by atoms with Crippen LogP contribution in [0, 0.1) is 0 Å². The predicted octanol–water partition coefficient (Wildman–Crippen LogP) is -2.53. The topological polar surface area (TPSA) is 54.2 Å². The Balaban J connectivity index is 0.00000243. The van der Waals surface area contributed by atoms with Crippen LogP contribution in [0.15, 0.2) is 60.7 Å². The Bertz CT molecular complexity index is 661. The van der Waals surface area contributed by atoms with Crippen molar-refractivity contribution in [3.8, 4) is 5.75 Å². The van der Waals surface area contributed by atoms with Crippen molar-refractivity contribution in [3.05, 3.63) is 66.2 Å². The molecular weight excluding hydrogens is 352 g/mol. The molecule has 1 amide bonds. The van der Waals surface area contributed by atoms with Gasteiger partial charge in [0.2, 0.25) is 0 Å². The lowest BCUT2D eigenvalue weighted by Crippen LogP contribution is -3.16. The largest absolute Gasteiger partial charge is 1.00 e. The molecule has 1 atom stereocenters. The van der Waals surface area contributed by atoms with Gasteiger partial charge in [-0.05, 0) is 24.3 Å². The van der Waals surface area contributed by atoms with Crippen molar-refractivity contribution >= 4 is 5.91 Å². The van der Waals surface area contributed by atoms with Crippen molar-refractivity contribution in [2.75, 3.05) is 39.3 Å². The normalized spacial score (nSPS) is 15.8. The third kappa shape index (κ3) is 5.73. The van der Waals surface area contributed by atoms with Crippen LogP contribution in [-0.4, -0.2) is 61.3 Å². The predicted molar refractivity (Wildman–Crippen MR) is 95.9 cm³/mol. The van der Waals surface area contributed by atoms with E-state index in [-0.39, 0.29) is 18.3 Å². The molecule has 1 aliphatic rings. The number of ether oxygens (including phenoxy) is 1. The molecule has 1 heterocycles. The molecule has 1 unspecified atom stereocenters. The molecule has 140 valence electrons. The minimum absolute atomic E-state index is 0. The van der Waals surface area contributed by atoms with Crippen molar-refractivity contribution in [2.45, 2.75) is 6.10 Å². The van der Waals surface area contributed by atoms with E-state index in [9.17, 15) is 9.90 Å². The summed E-state index contributed by atoms with van der Waals surface area (Å²) in [6, 6.07) is 18.9. The number of aliphatic hydroxyl groups is 1. The Kier molecular flexibility index (Phi) is 7.91. The molecule has 26 heavy (non-hydrogen) atoms. The molecule has 1 fully saturated rings. The molecule has 3 rings (SSSR count). The van der Waals surface area contributed by atoms with Gasteiger partial charge in [0.05, 0.1) is 26.2 Å². The van der Waals surface area contributed by atoms with Crippen LogP contribution in [-0.2, 0) is 0 Å². The molecule has 0 radical (unpaired) electrons. The van der Waals surface area contributed by atoms with Crippen LogP contribution in [0.5, 0.6) is 5.75 Å². The van der Waals surface area contributed by atoms with Crippen LogP contribution in [0.3, 0.4) is 0 Å². The summed E-state index contributed by atoms with van der Waals surface area (Å²) in [5.41, 5.74) is 0.738. The van der Waals surface area contributed by atoms with Crippen molar-refractivity contribution in [1.29, 1.82) is 0 Å². The minimum atomic E-state index is -0.508. The van der Waals surface area contributed by atoms with Gasteiger partial charge in [-0.3, -0.25) is 4.79 Å². The van der Waals surface area contributed by atoms with Gasteiger partial charge in [0.25, 0.3) is 5.91 Å². The third-order valence-corrected chi connectivity index (χ3v) is 4.49. The van der Waals surface area contributed by atoms with Crippen molar-refractivity contribution in [3.63, 3.8) is 0 Å². The number of nitrogens with one attached hydrogen (secondary N) is 1. The molecule has 1 saturated heterocycles. The SMILES string of the molecule is O=C(c1ccccc1)N1CC[NH+](CC(O)COc2ccccc2)CC1.[Cl-]. The summed E-state index contributed by atoms with van der Waals surface area (Å²) in [7, 11) is 0. The molecule has 0 spiro atoms. The maximum atomic E-state index is 12.4. The van der Waals surface area contributed by atoms with E-state index in [0.29, 0.717) is 13.2 Å². The highest BCUT2D eigenvalue weighted by Gasteiger charge is 2.26. The van der Waals surface area contributed by atoms with Gasteiger partial charge in [-0.2, -0.15) is 0 Å². The number of hydrogen-bond donors (Lipinski definition) is 2. The Morgan fingerprint density at radius 2 is 1.62 bits per heavy atom. The smallest absolute Gasteiger partial charge is 0.254 e. The van der Waals surface area contributed by atoms with E-state index in [1.54, 1.807) is 0 Å². The minimum Gasteiger partial charge on any atom is -1.00 e. The molecule has 0 aliphatic carbocycles. The number of carbonyl (C=O) groups excluding carboxylic acids is 1. The monoisotopic (exact) mass is 376 g/mol. The summed E-state index contributed by atoms with van der Waals surface area (Å²) >= 11 is 0. The molecule has 0 aromatic heterocycles. The van der Waals surface area contributed by atoms with Crippen LogP contribution in [0.25, 0.3) is 0 Å². The number of benzene rings is 2. The zero-order chi connectivity index (χ0) is 17.5. The van der Waals surface area contributed by atoms with Gasteiger partial charge >= 0.3 is 0 Å². The third-order valence-electron chi connectivity index (χ3n) is 4.49. The first-order valence-electron chi connectivity index (χ1n) is 8.76. The number of halogens is 1. The molecule has 0 saturated carbocycles. The van der Waals surface area contributed by atoms with Gasteiger partial charge in [0, 0.05) is 5.56 Å². The van der Waals surface area contributed by atoms with Crippen LogP contribution >= 0.6 is 0 Å². The fourth-order valence-corrected chi connectivity index (χ4v) is 3.09. The number of rotatable bonds is 6. The van der Waals surface area contributed by atoms with E-state index in [4.69, 9.17) is 4.74 Å². The van der Waals surface area contributed by atoms with Gasteiger partial charge < -0.3 is 32.1 Å². The average Bonchev–Trinajstić information content (AvgIpc) is 2.68. The number of carbonyl (C=O) groups is 1. The molecule has 1 aliphatic heterocycles. The summed E-state index contributed by atoms with van der Waals surface area (Å²) in [6.45, 7) is 4.06. The molecule has 2 aromatic carbocycles. The van der Waals surface area contributed by atoms with Gasteiger partial charge in [-0.25, -0.2) is 0 Å². The fourth-order valence-electron chi connectivity index (χ4n) is 3.09. The van der Waals surface area contributed by atoms with Gasteiger partial charge in [-0.1, -0.05) is 36.4 Å².